The number of ether oxygens (including phenoxy) is 2. The van der Waals surface area contributed by atoms with Crippen molar-refractivity contribution in [1.82, 2.24) is 20.2 Å². The number of tetrazole rings is 1. The van der Waals surface area contributed by atoms with Gasteiger partial charge in [-0.3, -0.25) is 4.79 Å². The number of nitrogens with one attached hydrogen (secondary N) is 1. The fourth-order valence-electron chi connectivity index (χ4n) is 2.25. The predicted octanol–water partition coefficient (Wildman–Crippen LogP) is 3.06. The normalized spacial score (nSPS) is 10.5. The summed E-state index contributed by atoms with van der Waals surface area (Å²) in [4.78, 5) is 12.3. The number of thioether (sulfide) groups is 1. The monoisotopic (exact) mass is 405 g/mol. The van der Waals surface area contributed by atoms with E-state index in [-0.39, 0.29) is 11.7 Å². The van der Waals surface area contributed by atoms with Crippen molar-refractivity contribution in [2.45, 2.75) is 5.16 Å². The van der Waals surface area contributed by atoms with Crippen LogP contribution in [0.2, 0.25) is 5.02 Å². The van der Waals surface area contributed by atoms with Gasteiger partial charge in [0, 0.05) is 5.02 Å². The Labute approximate surface area is 164 Å². The number of methoxy groups -OCH3 is 2. The molecule has 8 nitrogen and oxygen atoms in total. The lowest BCUT2D eigenvalue weighted by Gasteiger charge is -2.10. The minimum atomic E-state index is -0.232. The summed E-state index contributed by atoms with van der Waals surface area (Å²) < 4.78 is 11.9. The highest BCUT2D eigenvalue weighted by Gasteiger charge is 2.13. The molecule has 1 aromatic heterocycles. The van der Waals surface area contributed by atoms with Crippen LogP contribution in [0.5, 0.6) is 11.5 Å². The number of halogens is 1. The van der Waals surface area contributed by atoms with Crippen LogP contribution >= 0.6 is 23.4 Å². The summed E-state index contributed by atoms with van der Waals surface area (Å²) >= 11 is 7.19. The van der Waals surface area contributed by atoms with E-state index in [9.17, 15) is 4.79 Å². The largest absolute Gasteiger partial charge is 0.497 e. The van der Waals surface area contributed by atoms with Crippen LogP contribution in [0, 0.1) is 0 Å². The molecule has 27 heavy (non-hydrogen) atoms. The molecule has 0 aliphatic carbocycles. The first kappa shape index (κ1) is 19.0. The highest BCUT2D eigenvalue weighted by Crippen LogP contribution is 2.28. The lowest BCUT2D eigenvalue weighted by molar-refractivity contribution is -0.113. The number of hydrogen-bond acceptors (Lipinski definition) is 7. The molecule has 10 heteroatoms. The molecule has 0 unspecified atom stereocenters. The number of hydrogen-bond donors (Lipinski definition) is 1. The molecule has 0 fully saturated rings. The van der Waals surface area contributed by atoms with Gasteiger partial charge in [0.15, 0.2) is 0 Å². The lowest BCUT2D eigenvalue weighted by Crippen LogP contribution is -2.15. The summed E-state index contributed by atoms with van der Waals surface area (Å²) in [6.07, 6.45) is 0. The van der Waals surface area contributed by atoms with Crippen LogP contribution in [0.25, 0.3) is 5.69 Å². The van der Waals surface area contributed by atoms with Crippen molar-refractivity contribution in [3.63, 3.8) is 0 Å². The van der Waals surface area contributed by atoms with Crippen LogP contribution in [0.4, 0.5) is 5.69 Å². The Morgan fingerprint density at radius 1 is 1.19 bits per heavy atom. The van der Waals surface area contributed by atoms with E-state index >= 15 is 0 Å². The Morgan fingerprint density at radius 3 is 2.67 bits per heavy atom. The van der Waals surface area contributed by atoms with Crippen molar-refractivity contribution in [3.05, 3.63) is 47.5 Å². The summed E-state index contributed by atoms with van der Waals surface area (Å²) in [6.45, 7) is 0. The molecule has 0 bridgehead atoms. The van der Waals surface area contributed by atoms with Gasteiger partial charge < -0.3 is 14.8 Å². The summed E-state index contributed by atoms with van der Waals surface area (Å²) in [6, 6.07) is 12.3. The highest BCUT2D eigenvalue weighted by atomic mass is 35.5. The van der Waals surface area contributed by atoms with Gasteiger partial charge in [-0.25, -0.2) is 0 Å². The van der Waals surface area contributed by atoms with Gasteiger partial charge in [0.25, 0.3) is 0 Å². The van der Waals surface area contributed by atoms with Gasteiger partial charge in [-0.15, -0.1) is 5.10 Å². The fraction of sp³-hybridized carbons (Fsp3) is 0.176. The highest BCUT2D eigenvalue weighted by molar-refractivity contribution is 7.99. The van der Waals surface area contributed by atoms with E-state index in [4.69, 9.17) is 21.1 Å². The van der Waals surface area contributed by atoms with E-state index in [1.165, 1.54) is 18.9 Å². The second kappa shape index (κ2) is 8.74. The summed E-state index contributed by atoms with van der Waals surface area (Å²) in [5, 5.41) is 15.4. The van der Waals surface area contributed by atoms with Crippen molar-refractivity contribution >= 4 is 35.0 Å². The fourth-order valence-corrected chi connectivity index (χ4v) is 3.11. The Morgan fingerprint density at radius 2 is 1.96 bits per heavy atom. The maximum atomic E-state index is 12.3. The summed E-state index contributed by atoms with van der Waals surface area (Å²) in [7, 11) is 3.12. The molecule has 3 aromatic rings. The Kier molecular flexibility index (Phi) is 6.15. The molecule has 1 amide bonds. The SMILES string of the molecule is COc1ccc(-n2nnnc2SCC(=O)Nc2cc(Cl)ccc2OC)cc1. The second-order valence-electron chi connectivity index (χ2n) is 5.25. The first-order chi connectivity index (χ1) is 13.1. The van der Waals surface area contributed by atoms with Crippen LogP contribution in [0.3, 0.4) is 0 Å². The van der Waals surface area contributed by atoms with Gasteiger partial charge in [-0.2, -0.15) is 4.68 Å². The number of nitrogens with zero attached hydrogens (tertiary/aromatic N) is 4. The number of amides is 1. The molecule has 0 saturated carbocycles. The quantitative estimate of drug-likeness (QED) is 0.604. The number of anilines is 1. The topological polar surface area (TPSA) is 91.2 Å². The molecule has 0 aliphatic heterocycles. The summed E-state index contributed by atoms with van der Waals surface area (Å²) in [5.74, 6) is 1.15. The molecule has 0 aliphatic rings. The van der Waals surface area contributed by atoms with Crippen molar-refractivity contribution in [1.29, 1.82) is 0 Å². The van der Waals surface area contributed by atoms with Crippen molar-refractivity contribution in [3.8, 4) is 17.2 Å². The zero-order chi connectivity index (χ0) is 19.2. The smallest absolute Gasteiger partial charge is 0.234 e. The maximum absolute atomic E-state index is 12.3. The number of benzene rings is 2. The molecular formula is C17H16ClN5O3S. The van der Waals surface area contributed by atoms with E-state index in [2.05, 4.69) is 20.8 Å². The molecule has 1 heterocycles. The van der Waals surface area contributed by atoms with Crippen molar-refractivity contribution in [2.24, 2.45) is 0 Å². The van der Waals surface area contributed by atoms with Crippen LogP contribution in [-0.2, 0) is 4.79 Å². The Hall–Kier alpha value is -2.78. The van der Waals surface area contributed by atoms with E-state index in [1.54, 1.807) is 30.0 Å². The van der Waals surface area contributed by atoms with E-state index in [0.717, 1.165) is 11.4 Å². The van der Waals surface area contributed by atoms with Crippen molar-refractivity contribution in [2.75, 3.05) is 25.3 Å². The van der Waals surface area contributed by atoms with Crippen LogP contribution in [0.15, 0.2) is 47.6 Å². The maximum Gasteiger partial charge on any atom is 0.234 e. The van der Waals surface area contributed by atoms with Gasteiger partial charge >= 0.3 is 0 Å². The van der Waals surface area contributed by atoms with Crippen LogP contribution in [-0.4, -0.2) is 46.1 Å². The summed E-state index contributed by atoms with van der Waals surface area (Å²) in [5.41, 5.74) is 1.27. The van der Waals surface area contributed by atoms with Gasteiger partial charge in [-0.05, 0) is 52.9 Å². The minimum Gasteiger partial charge on any atom is -0.497 e. The number of rotatable bonds is 7. The van der Waals surface area contributed by atoms with E-state index in [1.807, 2.05) is 24.3 Å². The van der Waals surface area contributed by atoms with Gasteiger partial charge in [-0.1, -0.05) is 23.4 Å². The standard InChI is InChI=1S/C17H16ClN5O3S/c1-25-13-6-4-12(5-7-13)23-17(20-21-22-23)27-10-16(24)19-14-9-11(18)3-8-15(14)26-2/h3-9H,10H2,1-2H3,(H,19,24). The molecule has 2 aromatic carbocycles. The van der Waals surface area contributed by atoms with Gasteiger partial charge in [0.1, 0.15) is 11.5 Å². The first-order valence-electron chi connectivity index (χ1n) is 7.79. The molecule has 0 radical (unpaired) electrons. The average Bonchev–Trinajstić information content (AvgIpc) is 3.15. The number of carbonyl (C=O) groups is 1. The van der Waals surface area contributed by atoms with Crippen LogP contribution in [0.1, 0.15) is 0 Å². The molecule has 1 N–H and O–H groups in total. The first-order valence-corrected chi connectivity index (χ1v) is 9.16. The zero-order valence-corrected chi connectivity index (χ0v) is 16.1. The van der Waals surface area contributed by atoms with Crippen molar-refractivity contribution < 1.29 is 14.3 Å². The third kappa shape index (κ3) is 4.69. The third-order valence-electron chi connectivity index (χ3n) is 3.53. The van der Waals surface area contributed by atoms with Crippen LogP contribution < -0.4 is 14.8 Å². The molecule has 140 valence electrons. The Balaban J connectivity index is 1.66. The van der Waals surface area contributed by atoms with E-state index in [0.29, 0.717) is 21.6 Å². The molecule has 0 spiro atoms. The second-order valence-corrected chi connectivity index (χ2v) is 6.63. The molecule has 0 saturated heterocycles. The minimum absolute atomic E-state index is 0.117. The molecule has 3 rings (SSSR count). The van der Waals surface area contributed by atoms with Gasteiger partial charge in [0.05, 0.1) is 31.3 Å². The molecule has 0 atom stereocenters. The number of carbonyl (C=O) groups excluding carboxylic acids is 1. The Bertz CT molecular complexity index is 933. The zero-order valence-electron chi connectivity index (χ0n) is 14.5. The van der Waals surface area contributed by atoms with E-state index < -0.39 is 0 Å². The predicted molar refractivity (Wildman–Crippen MR) is 103 cm³/mol. The average molecular weight is 406 g/mol. The lowest BCUT2D eigenvalue weighted by atomic mass is 10.3. The van der Waals surface area contributed by atoms with Gasteiger partial charge in [0.2, 0.25) is 11.1 Å². The molecular weight excluding hydrogens is 390 g/mol. The number of aromatic nitrogens is 4. The third-order valence-corrected chi connectivity index (χ3v) is 4.68.